The van der Waals surface area contributed by atoms with Crippen LogP contribution < -0.4 is 0 Å². The number of aliphatic hydroxyl groups is 1. The van der Waals surface area contributed by atoms with E-state index in [9.17, 15) is 0 Å². The molecule has 4 nitrogen and oxygen atoms in total. The van der Waals surface area contributed by atoms with Crippen molar-refractivity contribution in [2.24, 2.45) is 0 Å². The Hall–Kier alpha value is -1.00. The Kier molecular flexibility index (Phi) is 3.85. The van der Waals surface area contributed by atoms with Gasteiger partial charge in [-0.05, 0) is 26.3 Å². The summed E-state index contributed by atoms with van der Waals surface area (Å²) < 4.78 is 0. The molecule has 0 radical (unpaired) electrons. The van der Waals surface area contributed by atoms with Crippen LogP contribution in [-0.4, -0.2) is 46.2 Å². The molecule has 88 valence electrons. The molecule has 0 saturated carbocycles. The van der Waals surface area contributed by atoms with E-state index >= 15 is 0 Å². The van der Waals surface area contributed by atoms with Crippen LogP contribution in [0.1, 0.15) is 30.1 Å². The Bertz CT molecular complexity index is 341. The van der Waals surface area contributed by atoms with Crippen molar-refractivity contribution < 1.29 is 5.11 Å². The van der Waals surface area contributed by atoms with Crippen LogP contribution in [0.2, 0.25) is 0 Å². The number of nitrogens with zero attached hydrogens (tertiary/aromatic N) is 3. The number of hydrogen-bond donors (Lipinski definition) is 1. The number of likely N-dealkylation sites (tertiary alicyclic amines) is 1. The number of rotatable bonds is 3. The van der Waals surface area contributed by atoms with Gasteiger partial charge in [0.25, 0.3) is 0 Å². The molecule has 0 aliphatic carbocycles. The number of piperidine rings is 1. The predicted octanol–water partition coefficient (Wildman–Crippen LogP) is 0.957. The molecule has 1 aliphatic heterocycles. The summed E-state index contributed by atoms with van der Waals surface area (Å²) in [5.74, 6) is 0.481. The molecular formula is C12H19N3O. The average Bonchev–Trinajstić information content (AvgIpc) is 2.30. The van der Waals surface area contributed by atoms with Gasteiger partial charge in [0.1, 0.15) is 0 Å². The molecule has 16 heavy (non-hydrogen) atoms. The Morgan fingerprint density at radius 1 is 1.44 bits per heavy atom. The highest BCUT2D eigenvalue weighted by atomic mass is 16.3. The largest absolute Gasteiger partial charge is 0.395 e. The van der Waals surface area contributed by atoms with Gasteiger partial charge in [-0.1, -0.05) is 0 Å². The summed E-state index contributed by atoms with van der Waals surface area (Å²) in [5, 5.41) is 8.96. The maximum atomic E-state index is 8.96. The van der Waals surface area contributed by atoms with Crippen LogP contribution in [0.15, 0.2) is 12.4 Å². The lowest BCUT2D eigenvalue weighted by molar-refractivity contribution is 0.160. The van der Waals surface area contributed by atoms with Crippen LogP contribution in [0.3, 0.4) is 0 Å². The first kappa shape index (κ1) is 11.5. The van der Waals surface area contributed by atoms with Gasteiger partial charge in [0, 0.05) is 31.4 Å². The molecule has 1 saturated heterocycles. The second-order valence-corrected chi connectivity index (χ2v) is 4.39. The third-order valence-electron chi connectivity index (χ3n) is 3.23. The highest BCUT2D eigenvalue weighted by Crippen LogP contribution is 2.26. The molecule has 1 atom stereocenters. The molecule has 1 aromatic heterocycles. The van der Waals surface area contributed by atoms with E-state index in [1.807, 2.05) is 6.92 Å². The fourth-order valence-corrected chi connectivity index (χ4v) is 2.44. The molecule has 1 unspecified atom stereocenters. The Morgan fingerprint density at radius 2 is 2.25 bits per heavy atom. The molecule has 1 fully saturated rings. The van der Waals surface area contributed by atoms with Crippen LogP contribution in [0.4, 0.5) is 0 Å². The fourth-order valence-electron chi connectivity index (χ4n) is 2.44. The minimum atomic E-state index is 0.242. The maximum absolute atomic E-state index is 8.96. The molecule has 1 aromatic rings. The van der Waals surface area contributed by atoms with Crippen molar-refractivity contribution in [2.75, 3.05) is 26.2 Å². The molecule has 4 heteroatoms. The monoisotopic (exact) mass is 221 g/mol. The Labute approximate surface area is 96.3 Å². The van der Waals surface area contributed by atoms with Gasteiger partial charge in [-0.25, -0.2) is 0 Å². The topological polar surface area (TPSA) is 49.2 Å². The van der Waals surface area contributed by atoms with Crippen LogP contribution in [-0.2, 0) is 0 Å². The van der Waals surface area contributed by atoms with E-state index < -0.39 is 0 Å². The first-order chi connectivity index (χ1) is 7.81. The van der Waals surface area contributed by atoms with E-state index in [-0.39, 0.29) is 6.61 Å². The number of hydrogen-bond acceptors (Lipinski definition) is 4. The predicted molar refractivity (Wildman–Crippen MR) is 62.3 cm³/mol. The van der Waals surface area contributed by atoms with Gasteiger partial charge >= 0.3 is 0 Å². The Balaban J connectivity index is 2.07. The highest BCUT2D eigenvalue weighted by molar-refractivity contribution is 5.15. The summed E-state index contributed by atoms with van der Waals surface area (Å²) >= 11 is 0. The van der Waals surface area contributed by atoms with E-state index in [1.54, 1.807) is 12.4 Å². The average molecular weight is 221 g/mol. The maximum Gasteiger partial charge on any atom is 0.0659 e. The van der Waals surface area contributed by atoms with Crippen LogP contribution in [0.25, 0.3) is 0 Å². The second-order valence-electron chi connectivity index (χ2n) is 4.39. The van der Waals surface area contributed by atoms with E-state index in [1.165, 1.54) is 12.8 Å². The summed E-state index contributed by atoms with van der Waals surface area (Å²) in [6, 6.07) is 0. The molecular weight excluding hydrogens is 202 g/mol. The molecule has 0 amide bonds. The van der Waals surface area contributed by atoms with E-state index in [0.29, 0.717) is 5.92 Å². The van der Waals surface area contributed by atoms with Crippen molar-refractivity contribution in [1.82, 2.24) is 14.9 Å². The summed E-state index contributed by atoms with van der Waals surface area (Å²) in [4.78, 5) is 11.0. The van der Waals surface area contributed by atoms with Gasteiger partial charge in [0.15, 0.2) is 0 Å². The van der Waals surface area contributed by atoms with E-state index in [0.717, 1.165) is 31.0 Å². The standard InChI is InChI=1S/C12H19N3O/c1-10-12(14-5-4-13-10)11-3-2-6-15(9-11)7-8-16/h4-5,11,16H,2-3,6-9H2,1H3. The molecule has 0 bridgehead atoms. The second kappa shape index (κ2) is 5.37. The Morgan fingerprint density at radius 3 is 3.00 bits per heavy atom. The van der Waals surface area contributed by atoms with Crippen molar-refractivity contribution in [2.45, 2.75) is 25.7 Å². The van der Waals surface area contributed by atoms with Crippen LogP contribution in [0, 0.1) is 6.92 Å². The third kappa shape index (κ3) is 2.57. The smallest absolute Gasteiger partial charge is 0.0659 e. The third-order valence-corrected chi connectivity index (χ3v) is 3.23. The number of aryl methyl sites for hydroxylation is 1. The van der Waals surface area contributed by atoms with Crippen molar-refractivity contribution >= 4 is 0 Å². The molecule has 1 aliphatic rings. The molecule has 0 spiro atoms. The van der Waals surface area contributed by atoms with Crippen molar-refractivity contribution in [3.05, 3.63) is 23.8 Å². The first-order valence-electron chi connectivity index (χ1n) is 5.92. The zero-order chi connectivity index (χ0) is 11.4. The lowest BCUT2D eigenvalue weighted by Crippen LogP contribution is -2.36. The minimum absolute atomic E-state index is 0.242. The normalized spacial score (nSPS) is 22.2. The van der Waals surface area contributed by atoms with Gasteiger partial charge in [-0.2, -0.15) is 0 Å². The summed E-state index contributed by atoms with van der Waals surface area (Å²) in [5.41, 5.74) is 2.17. The zero-order valence-corrected chi connectivity index (χ0v) is 9.76. The van der Waals surface area contributed by atoms with Gasteiger partial charge in [-0.15, -0.1) is 0 Å². The molecule has 2 rings (SSSR count). The van der Waals surface area contributed by atoms with Crippen LogP contribution >= 0.6 is 0 Å². The van der Waals surface area contributed by atoms with Gasteiger partial charge in [0.05, 0.1) is 18.0 Å². The molecule has 1 N–H and O–H groups in total. The molecule has 2 heterocycles. The van der Waals surface area contributed by atoms with E-state index in [4.69, 9.17) is 5.11 Å². The lowest BCUT2D eigenvalue weighted by Gasteiger charge is -2.32. The van der Waals surface area contributed by atoms with E-state index in [2.05, 4.69) is 14.9 Å². The molecule has 0 aromatic carbocycles. The number of β-amino-alcohol motifs (C(OH)–C–C–N with tert-alkyl or cyclic N) is 1. The minimum Gasteiger partial charge on any atom is -0.395 e. The fraction of sp³-hybridized carbons (Fsp3) is 0.667. The summed E-state index contributed by atoms with van der Waals surface area (Å²) in [6.45, 7) is 5.13. The number of aromatic nitrogens is 2. The van der Waals surface area contributed by atoms with Gasteiger partial charge < -0.3 is 10.0 Å². The lowest BCUT2D eigenvalue weighted by atomic mass is 9.93. The first-order valence-corrected chi connectivity index (χ1v) is 5.92. The van der Waals surface area contributed by atoms with Gasteiger partial charge in [-0.3, -0.25) is 9.97 Å². The van der Waals surface area contributed by atoms with Crippen molar-refractivity contribution in [3.8, 4) is 0 Å². The summed E-state index contributed by atoms with van der Waals surface area (Å²) in [7, 11) is 0. The summed E-state index contributed by atoms with van der Waals surface area (Å²) in [6.07, 6.45) is 5.88. The SMILES string of the molecule is Cc1nccnc1C1CCCN(CCO)C1. The zero-order valence-electron chi connectivity index (χ0n) is 9.76. The van der Waals surface area contributed by atoms with Gasteiger partial charge in [0.2, 0.25) is 0 Å². The van der Waals surface area contributed by atoms with Crippen molar-refractivity contribution in [3.63, 3.8) is 0 Å². The van der Waals surface area contributed by atoms with Crippen molar-refractivity contribution in [1.29, 1.82) is 0 Å². The number of aliphatic hydroxyl groups excluding tert-OH is 1. The quantitative estimate of drug-likeness (QED) is 0.826. The van der Waals surface area contributed by atoms with Crippen LogP contribution in [0.5, 0.6) is 0 Å². The highest BCUT2D eigenvalue weighted by Gasteiger charge is 2.23.